The summed E-state index contributed by atoms with van der Waals surface area (Å²) in [7, 11) is 0. The summed E-state index contributed by atoms with van der Waals surface area (Å²) < 4.78 is 1.63. The molecule has 0 aliphatic heterocycles. The molecule has 1 heterocycles. The van der Waals surface area contributed by atoms with E-state index in [2.05, 4.69) is 20.8 Å². The first kappa shape index (κ1) is 18.1. The zero-order valence-corrected chi connectivity index (χ0v) is 14.5. The van der Waals surface area contributed by atoms with Crippen LogP contribution in [0.1, 0.15) is 13.8 Å². The highest BCUT2D eigenvalue weighted by Gasteiger charge is 2.15. The quantitative estimate of drug-likeness (QED) is 0.452. The van der Waals surface area contributed by atoms with Gasteiger partial charge in [-0.2, -0.15) is 0 Å². The number of anilines is 1. The third-order valence-corrected chi connectivity index (χ3v) is 4.07. The van der Waals surface area contributed by atoms with E-state index in [1.807, 2.05) is 13.8 Å². The van der Waals surface area contributed by atoms with Crippen LogP contribution >= 0.6 is 23.4 Å². The van der Waals surface area contributed by atoms with Crippen molar-refractivity contribution in [3.63, 3.8) is 0 Å². The third-order valence-electron chi connectivity index (χ3n) is 2.80. The van der Waals surface area contributed by atoms with Gasteiger partial charge in [0.1, 0.15) is 5.02 Å². The fraction of sp³-hybridized carbons (Fsp3) is 0.385. The molecule has 0 radical (unpaired) electrons. The molecule has 0 atom stereocenters. The Labute approximate surface area is 146 Å². The number of benzene rings is 1. The Morgan fingerprint density at radius 1 is 1.50 bits per heavy atom. The zero-order chi connectivity index (χ0) is 17.7. The fourth-order valence-corrected chi connectivity index (χ4v) is 2.69. The standard InChI is InChI=1S/C13H15ClN6O3S/c1-8(2)6-19-13(16-17-18-19)24-7-12(21)15-9-3-4-10(14)11(5-9)20(22)23/h3-5,8H,6-7H2,1-2H3,(H,15,21). The molecule has 1 aromatic carbocycles. The maximum Gasteiger partial charge on any atom is 0.289 e. The Bertz CT molecular complexity index is 751. The zero-order valence-electron chi connectivity index (χ0n) is 13.0. The summed E-state index contributed by atoms with van der Waals surface area (Å²) in [4.78, 5) is 22.2. The Morgan fingerprint density at radius 3 is 2.92 bits per heavy atom. The Kier molecular flexibility index (Phi) is 6.10. The van der Waals surface area contributed by atoms with Crippen molar-refractivity contribution in [1.29, 1.82) is 0 Å². The third kappa shape index (κ3) is 4.90. The van der Waals surface area contributed by atoms with Gasteiger partial charge in [0, 0.05) is 18.3 Å². The number of rotatable bonds is 7. The van der Waals surface area contributed by atoms with Crippen LogP contribution in [0.4, 0.5) is 11.4 Å². The van der Waals surface area contributed by atoms with E-state index in [0.29, 0.717) is 23.3 Å². The number of hydrogen-bond acceptors (Lipinski definition) is 7. The van der Waals surface area contributed by atoms with E-state index in [9.17, 15) is 14.9 Å². The van der Waals surface area contributed by atoms with Gasteiger partial charge < -0.3 is 5.32 Å². The van der Waals surface area contributed by atoms with E-state index in [-0.39, 0.29) is 22.4 Å². The number of nitro benzene ring substituents is 1. The summed E-state index contributed by atoms with van der Waals surface area (Å²) in [6.07, 6.45) is 0. The van der Waals surface area contributed by atoms with E-state index in [4.69, 9.17) is 11.6 Å². The number of carbonyl (C=O) groups excluding carboxylic acids is 1. The van der Waals surface area contributed by atoms with Crippen molar-refractivity contribution >= 4 is 40.6 Å². The Morgan fingerprint density at radius 2 is 2.25 bits per heavy atom. The molecule has 0 aliphatic carbocycles. The van der Waals surface area contributed by atoms with E-state index >= 15 is 0 Å². The number of carbonyl (C=O) groups is 1. The van der Waals surface area contributed by atoms with Crippen molar-refractivity contribution in [2.45, 2.75) is 25.5 Å². The van der Waals surface area contributed by atoms with Crippen molar-refractivity contribution in [3.05, 3.63) is 33.3 Å². The van der Waals surface area contributed by atoms with Gasteiger partial charge in [-0.05, 0) is 28.5 Å². The van der Waals surface area contributed by atoms with Crippen molar-refractivity contribution < 1.29 is 9.72 Å². The van der Waals surface area contributed by atoms with Crippen LogP contribution in [0.15, 0.2) is 23.4 Å². The number of aromatic nitrogens is 4. The highest BCUT2D eigenvalue weighted by molar-refractivity contribution is 7.99. The monoisotopic (exact) mass is 370 g/mol. The van der Waals surface area contributed by atoms with Crippen molar-refractivity contribution in [2.75, 3.05) is 11.1 Å². The van der Waals surface area contributed by atoms with Gasteiger partial charge in [-0.1, -0.05) is 37.2 Å². The summed E-state index contributed by atoms with van der Waals surface area (Å²) >= 11 is 6.92. The predicted molar refractivity (Wildman–Crippen MR) is 90.1 cm³/mol. The van der Waals surface area contributed by atoms with Crippen molar-refractivity contribution in [2.24, 2.45) is 5.92 Å². The lowest BCUT2D eigenvalue weighted by atomic mass is 10.2. The molecule has 0 spiro atoms. The predicted octanol–water partition coefficient (Wildman–Crippen LogP) is 2.62. The van der Waals surface area contributed by atoms with Gasteiger partial charge in [-0.25, -0.2) is 4.68 Å². The number of nitro groups is 1. The first-order valence-corrected chi connectivity index (χ1v) is 8.36. The topological polar surface area (TPSA) is 116 Å². The molecule has 9 nitrogen and oxygen atoms in total. The van der Waals surface area contributed by atoms with E-state index in [1.165, 1.54) is 30.0 Å². The molecular weight excluding hydrogens is 356 g/mol. The molecule has 0 saturated carbocycles. The average molecular weight is 371 g/mol. The van der Waals surface area contributed by atoms with Crippen LogP contribution in [0.2, 0.25) is 5.02 Å². The number of amides is 1. The van der Waals surface area contributed by atoms with Crippen molar-refractivity contribution in [1.82, 2.24) is 20.2 Å². The Balaban J connectivity index is 1.96. The van der Waals surface area contributed by atoms with Crippen LogP contribution in [0, 0.1) is 16.0 Å². The van der Waals surface area contributed by atoms with Crippen LogP contribution in [-0.2, 0) is 11.3 Å². The van der Waals surface area contributed by atoms with Crippen LogP contribution in [0.5, 0.6) is 0 Å². The highest BCUT2D eigenvalue weighted by Crippen LogP contribution is 2.27. The molecule has 0 saturated heterocycles. The van der Waals surface area contributed by atoms with E-state index in [1.54, 1.807) is 4.68 Å². The molecule has 2 rings (SSSR count). The highest BCUT2D eigenvalue weighted by atomic mass is 35.5. The van der Waals surface area contributed by atoms with Gasteiger partial charge >= 0.3 is 0 Å². The van der Waals surface area contributed by atoms with Gasteiger partial charge in [-0.15, -0.1) is 5.10 Å². The van der Waals surface area contributed by atoms with Gasteiger partial charge in [0.25, 0.3) is 5.69 Å². The van der Waals surface area contributed by atoms with Gasteiger partial charge in [0.15, 0.2) is 0 Å². The van der Waals surface area contributed by atoms with Gasteiger partial charge in [-0.3, -0.25) is 14.9 Å². The summed E-state index contributed by atoms with van der Waals surface area (Å²) in [5, 5.41) is 25.3. The summed E-state index contributed by atoms with van der Waals surface area (Å²) in [6, 6.07) is 4.08. The summed E-state index contributed by atoms with van der Waals surface area (Å²) in [5.41, 5.74) is 0.0430. The van der Waals surface area contributed by atoms with E-state index < -0.39 is 4.92 Å². The lowest BCUT2D eigenvalue weighted by molar-refractivity contribution is -0.384. The first-order chi connectivity index (χ1) is 11.4. The van der Waals surface area contributed by atoms with Crippen LogP contribution in [0.25, 0.3) is 0 Å². The molecule has 2 aromatic rings. The second-order valence-corrected chi connectivity index (χ2v) is 6.65. The molecule has 128 valence electrons. The molecule has 0 fully saturated rings. The molecule has 11 heteroatoms. The van der Waals surface area contributed by atoms with Gasteiger partial charge in [0.2, 0.25) is 11.1 Å². The Hall–Kier alpha value is -2.20. The molecule has 0 unspecified atom stereocenters. The van der Waals surface area contributed by atoms with Crippen LogP contribution in [-0.4, -0.2) is 36.8 Å². The maximum atomic E-state index is 12.0. The molecular formula is C13H15ClN6O3S. The molecule has 1 aromatic heterocycles. The van der Waals surface area contributed by atoms with Crippen molar-refractivity contribution in [3.8, 4) is 0 Å². The second-order valence-electron chi connectivity index (χ2n) is 5.30. The largest absolute Gasteiger partial charge is 0.325 e. The lowest BCUT2D eigenvalue weighted by Crippen LogP contribution is -2.15. The number of nitrogens with zero attached hydrogens (tertiary/aromatic N) is 5. The molecule has 0 bridgehead atoms. The number of halogens is 1. The molecule has 24 heavy (non-hydrogen) atoms. The normalized spacial score (nSPS) is 10.8. The van der Waals surface area contributed by atoms with Gasteiger partial charge in [0.05, 0.1) is 10.7 Å². The second kappa shape index (κ2) is 8.06. The number of tetrazole rings is 1. The molecule has 0 aliphatic rings. The number of thioether (sulfide) groups is 1. The summed E-state index contributed by atoms with van der Waals surface area (Å²) in [6.45, 7) is 4.73. The first-order valence-electron chi connectivity index (χ1n) is 6.99. The smallest absolute Gasteiger partial charge is 0.289 e. The minimum absolute atomic E-state index is 0.0141. The van der Waals surface area contributed by atoms with E-state index in [0.717, 1.165) is 0 Å². The summed E-state index contributed by atoms with van der Waals surface area (Å²) in [5.74, 6) is 0.126. The molecule has 1 N–H and O–H groups in total. The van der Waals surface area contributed by atoms with Crippen LogP contribution in [0.3, 0.4) is 0 Å². The average Bonchev–Trinajstić information content (AvgIpc) is 2.93. The molecule has 1 amide bonds. The lowest BCUT2D eigenvalue weighted by Gasteiger charge is -2.07. The minimum atomic E-state index is -0.604. The fourth-order valence-electron chi connectivity index (χ4n) is 1.82. The SMILES string of the molecule is CC(C)Cn1nnnc1SCC(=O)Nc1ccc(Cl)c([N+](=O)[O-])c1. The minimum Gasteiger partial charge on any atom is -0.325 e. The number of nitrogens with one attached hydrogen (secondary N) is 1. The van der Waals surface area contributed by atoms with Crippen LogP contribution < -0.4 is 5.32 Å². The maximum absolute atomic E-state index is 12.0. The number of hydrogen-bond donors (Lipinski definition) is 1.